The summed E-state index contributed by atoms with van der Waals surface area (Å²) in [5.74, 6) is 0.0876. The van der Waals surface area contributed by atoms with E-state index in [0.29, 0.717) is 16.7 Å². The fourth-order valence-electron chi connectivity index (χ4n) is 2.44. The van der Waals surface area contributed by atoms with Crippen molar-refractivity contribution in [1.29, 1.82) is 0 Å². The quantitative estimate of drug-likeness (QED) is 0.527. The highest BCUT2D eigenvalue weighted by Gasteiger charge is 2.17. The van der Waals surface area contributed by atoms with Crippen LogP contribution < -0.4 is 9.64 Å². The molecule has 0 fully saturated rings. The minimum absolute atomic E-state index is 0.0526. The predicted octanol–water partition coefficient (Wildman–Crippen LogP) is 3.18. The van der Waals surface area contributed by atoms with Gasteiger partial charge in [0.2, 0.25) is 0 Å². The molecule has 3 aromatic rings. The second-order valence-electron chi connectivity index (χ2n) is 5.32. The number of non-ortho nitro benzene ring substituents is 1. The van der Waals surface area contributed by atoms with E-state index in [9.17, 15) is 14.9 Å². The number of likely N-dealkylation sites (N-methyl/N-ethyl adjacent to an activating group) is 1. The molecular weight excluding hydrogens is 322 g/mol. The topological polar surface area (TPSA) is 85.6 Å². The van der Waals surface area contributed by atoms with Gasteiger partial charge in [-0.1, -0.05) is 18.2 Å². The first kappa shape index (κ1) is 16.4. The maximum atomic E-state index is 12.3. The zero-order valence-electron chi connectivity index (χ0n) is 13.5. The second kappa shape index (κ2) is 6.96. The molecule has 3 rings (SSSR count). The normalized spacial score (nSPS) is 10.4. The first-order valence-corrected chi connectivity index (χ1v) is 7.54. The molecule has 126 valence electrons. The van der Waals surface area contributed by atoms with E-state index in [1.54, 1.807) is 19.2 Å². The second-order valence-corrected chi connectivity index (χ2v) is 5.32. The highest BCUT2D eigenvalue weighted by Crippen LogP contribution is 2.31. The maximum absolute atomic E-state index is 12.3. The Morgan fingerprint density at radius 1 is 1.16 bits per heavy atom. The van der Waals surface area contributed by atoms with Crippen molar-refractivity contribution in [3.8, 4) is 5.75 Å². The van der Waals surface area contributed by atoms with Crippen LogP contribution in [0.25, 0.3) is 10.9 Å². The molecule has 7 nitrogen and oxygen atoms in total. The van der Waals surface area contributed by atoms with E-state index in [4.69, 9.17) is 4.74 Å². The SMILES string of the molecule is CN(C(=O)COc1ccc([N+](=O)[O-])c2cccnc12)c1ccccc1. The van der Waals surface area contributed by atoms with E-state index in [1.807, 2.05) is 30.3 Å². The van der Waals surface area contributed by atoms with E-state index in [2.05, 4.69) is 4.98 Å². The molecule has 0 saturated carbocycles. The number of hydrogen-bond donors (Lipinski definition) is 0. The summed E-state index contributed by atoms with van der Waals surface area (Å²) in [6.45, 7) is -0.200. The van der Waals surface area contributed by atoms with Gasteiger partial charge in [0.15, 0.2) is 6.61 Å². The highest BCUT2D eigenvalue weighted by molar-refractivity contribution is 5.95. The van der Waals surface area contributed by atoms with Gasteiger partial charge in [-0.25, -0.2) is 0 Å². The maximum Gasteiger partial charge on any atom is 0.279 e. The average Bonchev–Trinajstić information content (AvgIpc) is 2.65. The molecule has 0 atom stereocenters. The first-order chi connectivity index (χ1) is 12.1. The van der Waals surface area contributed by atoms with Crippen LogP contribution in [0.15, 0.2) is 60.8 Å². The lowest BCUT2D eigenvalue weighted by molar-refractivity contribution is -0.383. The molecule has 0 N–H and O–H groups in total. The number of nitro benzene ring substituents is 1. The van der Waals surface area contributed by atoms with Crippen LogP contribution in [-0.4, -0.2) is 29.5 Å². The Kier molecular flexibility index (Phi) is 4.56. The third-order valence-electron chi connectivity index (χ3n) is 3.78. The summed E-state index contributed by atoms with van der Waals surface area (Å²) >= 11 is 0. The molecule has 0 aliphatic heterocycles. The minimum atomic E-state index is -0.470. The molecular formula is C18H15N3O4. The van der Waals surface area contributed by atoms with Gasteiger partial charge in [-0.05, 0) is 30.3 Å². The number of nitro groups is 1. The lowest BCUT2D eigenvalue weighted by Crippen LogP contribution is -2.31. The minimum Gasteiger partial charge on any atom is -0.481 e. The standard InChI is InChI=1S/C18H15N3O4/c1-20(13-6-3-2-4-7-13)17(22)12-25-16-10-9-15(21(23)24)14-8-5-11-19-18(14)16/h2-11H,12H2,1H3. The zero-order chi connectivity index (χ0) is 17.8. The van der Waals surface area contributed by atoms with Gasteiger partial charge in [-0.3, -0.25) is 19.9 Å². The molecule has 25 heavy (non-hydrogen) atoms. The Morgan fingerprint density at radius 2 is 1.92 bits per heavy atom. The molecule has 1 amide bonds. The van der Waals surface area contributed by atoms with Gasteiger partial charge < -0.3 is 9.64 Å². The Labute approximate surface area is 143 Å². The van der Waals surface area contributed by atoms with Crippen molar-refractivity contribution in [2.75, 3.05) is 18.6 Å². The van der Waals surface area contributed by atoms with Crippen molar-refractivity contribution in [2.45, 2.75) is 0 Å². The van der Waals surface area contributed by atoms with E-state index < -0.39 is 4.92 Å². The summed E-state index contributed by atoms with van der Waals surface area (Å²) in [4.78, 5) is 28.6. The molecule has 0 spiro atoms. The molecule has 0 bridgehead atoms. The number of rotatable bonds is 5. The number of amides is 1. The Balaban J connectivity index is 1.81. The first-order valence-electron chi connectivity index (χ1n) is 7.54. The van der Waals surface area contributed by atoms with Gasteiger partial charge in [0.1, 0.15) is 11.3 Å². The number of carbonyl (C=O) groups excluding carboxylic acids is 1. The molecule has 0 radical (unpaired) electrons. The smallest absolute Gasteiger partial charge is 0.279 e. The summed E-state index contributed by atoms with van der Waals surface area (Å²) in [7, 11) is 1.66. The molecule has 0 saturated heterocycles. The van der Waals surface area contributed by atoms with Crippen LogP contribution in [-0.2, 0) is 4.79 Å². The summed E-state index contributed by atoms with van der Waals surface area (Å²) in [5, 5.41) is 11.5. The monoisotopic (exact) mass is 337 g/mol. The average molecular weight is 337 g/mol. The molecule has 7 heteroatoms. The number of aromatic nitrogens is 1. The summed E-state index contributed by atoms with van der Waals surface area (Å²) in [6, 6.07) is 15.2. The van der Waals surface area contributed by atoms with Crippen LogP contribution in [0.1, 0.15) is 0 Å². The van der Waals surface area contributed by atoms with Gasteiger partial charge >= 0.3 is 0 Å². The Morgan fingerprint density at radius 3 is 2.64 bits per heavy atom. The summed E-state index contributed by atoms with van der Waals surface area (Å²) in [6.07, 6.45) is 1.52. The van der Waals surface area contributed by atoms with Gasteiger partial charge in [0.25, 0.3) is 11.6 Å². The lowest BCUT2D eigenvalue weighted by atomic mass is 10.1. The van der Waals surface area contributed by atoms with Crippen molar-refractivity contribution in [3.63, 3.8) is 0 Å². The third kappa shape index (κ3) is 3.40. The van der Waals surface area contributed by atoms with Gasteiger partial charge in [-0.2, -0.15) is 0 Å². The summed E-state index contributed by atoms with van der Waals surface area (Å²) < 4.78 is 5.58. The molecule has 0 unspecified atom stereocenters. The number of anilines is 1. The van der Waals surface area contributed by atoms with Crippen LogP contribution in [0.2, 0.25) is 0 Å². The number of pyridine rings is 1. The van der Waals surface area contributed by atoms with E-state index >= 15 is 0 Å². The number of carbonyl (C=O) groups is 1. The van der Waals surface area contributed by atoms with Crippen LogP contribution >= 0.6 is 0 Å². The molecule has 1 aromatic heterocycles. The van der Waals surface area contributed by atoms with Crippen molar-refractivity contribution in [1.82, 2.24) is 4.98 Å². The van der Waals surface area contributed by atoms with E-state index in [-0.39, 0.29) is 18.2 Å². The fourth-order valence-corrected chi connectivity index (χ4v) is 2.44. The number of fused-ring (bicyclic) bond motifs is 1. The van der Waals surface area contributed by atoms with Crippen molar-refractivity contribution in [3.05, 3.63) is 70.9 Å². The number of para-hydroxylation sites is 1. The van der Waals surface area contributed by atoms with Crippen molar-refractivity contribution in [2.24, 2.45) is 0 Å². The molecule has 1 heterocycles. The molecule has 0 aliphatic carbocycles. The van der Waals surface area contributed by atoms with Crippen LogP contribution in [0.3, 0.4) is 0 Å². The van der Waals surface area contributed by atoms with Crippen molar-refractivity contribution >= 4 is 28.2 Å². The van der Waals surface area contributed by atoms with Crippen molar-refractivity contribution < 1.29 is 14.5 Å². The third-order valence-corrected chi connectivity index (χ3v) is 3.78. The number of nitrogens with zero attached hydrogens (tertiary/aromatic N) is 3. The lowest BCUT2D eigenvalue weighted by Gasteiger charge is -2.17. The van der Waals surface area contributed by atoms with Crippen LogP contribution in [0, 0.1) is 10.1 Å². The van der Waals surface area contributed by atoms with Gasteiger partial charge in [0.05, 0.1) is 10.3 Å². The fraction of sp³-hybridized carbons (Fsp3) is 0.111. The highest BCUT2D eigenvalue weighted by atomic mass is 16.6. The molecule has 2 aromatic carbocycles. The van der Waals surface area contributed by atoms with Gasteiger partial charge in [-0.15, -0.1) is 0 Å². The van der Waals surface area contributed by atoms with Gasteiger partial charge in [0, 0.05) is 25.0 Å². The van der Waals surface area contributed by atoms with E-state index in [0.717, 1.165) is 5.69 Å². The zero-order valence-corrected chi connectivity index (χ0v) is 13.5. The summed E-state index contributed by atoms with van der Waals surface area (Å²) in [5.41, 5.74) is 1.05. The predicted molar refractivity (Wildman–Crippen MR) is 93.7 cm³/mol. The number of benzene rings is 2. The van der Waals surface area contributed by atoms with E-state index in [1.165, 1.54) is 23.2 Å². The number of ether oxygens (including phenoxy) is 1. The van der Waals surface area contributed by atoms with Crippen LogP contribution in [0.5, 0.6) is 5.75 Å². The Hall–Kier alpha value is -3.48. The Bertz CT molecular complexity index is 928. The largest absolute Gasteiger partial charge is 0.481 e. The van der Waals surface area contributed by atoms with Crippen LogP contribution in [0.4, 0.5) is 11.4 Å². The molecule has 0 aliphatic rings. The number of hydrogen-bond acceptors (Lipinski definition) is 5.